The first-order valence-electron chi connectivity index (χ1n) is 9.46. The van der Waals surface area contributed by atoms with Crippen molar-refractivity contribution in [2.45, 2.75) is 26.3 Å². The zero-order chi connectivity index (χ0) is 20.0. The maximum absolute atomic E-state index is 12.7. The SMILES string of the molecule is Cc1ccccc1NC(=O)COC(=O)[C@H](C)N1C(=O)[C@@H]2[C@@H](C1=O)[C@H]1C=C[C@H]2C1. The molecule has 28 heavy (non-hydrogen) atoms. The Morgan fingerprint density at radius 1 is 1.14 bits per heavy atom. The number of nitrogens with zero attached hydrogens (tertiary/aromatic N) is 1. The highest BCUT2D eigenvalue weighted by Gasteiger charge is 2.60. The van der Waals surface area contributed by atoms with E-state index >= 15 is 0 Å². The molecule has 1 aliphatic heterocycles. The molecule has 4 rings (SSSR count). The third-order valence-corrected chi connectivity index (χ3v) is 6.00. The topological polar surface area (TPSA) is 92.8 Å². The predicted molar refractivity (Wildman–Crippen MR) is 99.8 cm³/mol. The summed E-state index contributed by atoms with van der Waals surface area (Å²) in [7, 11) is 0. The van der Waals surface area contributed by atoms with E-state index in [1.807, 2.05) is 31.2 Å². The summed E-state index contributed by atoms with van der Waals surface area (Å²) in [6.07, 6.45) is 4.83. The van der Waals surface area contributed by atoms with Gasteiger partial charge in [0.05, 0.1) is 11.8 Å². The number of imide groups is 1. The minimum atomic E-state index is -1.05. The number of carbonyl (C=O) groups excluding carboxylic acids is 4. The number of allylic oxidation sites excluding steroid dienone is 2. The fourth-order valence-electron chi connectivity index (χ4n) is 4.57. The molecule has 0 unspecified atom stereocenters. The maximum atomic E-state index is 12.7. The molecule has 2 fully saturated rings. The van der Waals surface area contributed by atoms with Crippen molar-refractivity contribution in [3.8, 4) is 0 Å². The van der Waals surface area contributed by atoms with E-state index in [9.17, 15) is 19.2 Å². The second-order valence-corrected chi connectivity index (χ2v) is 7.69. The lowest BCUT2D eigenvalue weighted by atomic mass is 9.85. The van der Waals surface area contributed by atoms with Gasteiger partial charge in [0.25, 0.3) is 5.91 Å². The molecule has 3 aliphatic rings. The standard InChI is InChI=1S/C21H22N2O5/c1-11-5-3-4-6-15(11)22-16(24)10-28-21(27)12(2)23-19(25)17-13-7-8-14(9-13)18(17)20(23)26/h3-8,12-14,17-18H,9-10H2,1-2H3,(H,22,24)/t12-,13-,14-,17-,18-/m0/s1. The zero-order valence-corrected chi connectivity index (χ0v) is 15.8. The number of aryl methyl sites for hydroxylation is 1. The smallest absolute Gasteiger partial charge is 0.329 e. The van der Waals surface area contributed by atoms with Crippen molar-refractivity contribution in [2.24, 2.45) is 23.7 Å². The molecule has 7 nitrogen and oxygen atoms in total. The molecule has 2 bridgehead atoms. The first-order valence-corrected chi connectivity index (χ1v) is 9.46. The van der Waals surface area contributed by atoms with Crippen LogP contribution in [0.2, 0.25) is 0 Å². The van der Waals surface area contributed by atoms with Crippen molar-refractivity contribution in [1.82, 2.24) is 4.90 Å². The number of ether oxygens (including phenoxy) is 1. The van der Waals surface area contributed by atoms with E-state index < -0.39 is 24.5 Å². The quantitative estimate of drug-likeness (QED) is 0.475. The van der Waals surface area contributed by atoms with E-state index in [0.29, 0.717) is 5.69 Å². The molecule has 5 atom stereocenters. The number of rotatable bonds is 5. The average Bonchev–Trinajstić information content (AvgIpc) is 3.35. The number of likely N-dealkylation sites (tertiary alicyclic amines) is 1. The van der Waals surface area contributed by atoms with Gasteiger partial charge in [0.1, 0.15) is 6.04 Å². The van der Waals surface area contributed by atoms with Crippen molar-refractivity contribution in [1.29, 1.82) is 0 Å². The zero-order valence-electron chi connectivity index (χ0n) is 15.8. The Morgan fingerprint density at radius 2 is 1.75 bits per heavy atom. The summed E-state index contributed by atoms with van der Waals surface area (Å²) in [5.41, 5.74) is 1.52. The van der Waals surface area contributed by atoms with Crippen LogP contribution in [0.15, 0.2) is 36.4 Å². The number of fused-ring (bicyclic) bond motifs is 5. The lowest BCUT2D eigenvalue weighted by molar-refractivity contribution is -0.159. The van der Waals surface area contributed by atoms with Crippen LogP contribution in [0, 0.1) is 30.6 Å². The number of hydrogen-bond acceptors (Lipinski definition) is 5. The van der Waals surface area contributed by atoms with Gasteiger partial charge in [-0.05, 0) is 43.7 Å². The maximum Gasteiger partial charge on any atom is 0.329 e. The molecule has 1 saturated heterocycles. The van der Waals surface area contributed by atoms with Crippen LogP contribution in [-0.4, -0.2) is 41.2 Å². The summed E-state index contributed by atoms with van der Waals surface area (Å²) in [4.78, 5) is 50.9. The molecule has 3 amide bonds. The van der Waals surface area contributed by atoms with Crippen molar-refractivity contribution in [3.63, 3.8) is 0 Å². The molecule has 7 heteroatoms. The second kappa shape index (κ2) is 6.89. The number of benzene rings is 1. The molecule has 0 spiro atoms. The van der Waals surface area contributed by atoms with Crippen LogP contribution in [0.3, 0.4) is 0 Å². The summed E-state index contributed by atoms with van der Waals surface area (Å²) in [6, 6.07) is 6.21. The van der Waals surface area contributed by atoms with Gasteiger partial charge >= 0.3 is 5.97 Å². The van der Waals surface area contributed by atoms with E-state index in [1.165, 1.54) is 6.92 Å². The van der Waals surface area contributed by atoms with E-state index in [0.717, 1.165) is 16.9 Å². The van der Waals surface area contributed by atoms with Gasteiger partial charge in [0.2, 0.25) is 11.8 Å². The third-order valence-electron chi connectivity index (χ3n) is 6.00. The summed E-state index contributed by atoms with van der Waals surface area (Å²) >= 11 is 0. The molecule has 0 aromatic heterocycles. The van der Waals surface area contributed by atoms with E-state index in [1.54, 1.807) is 12.1 Å². The minimum Gasteiger partial charge on any atom is -0.454 e. The van der Waals surface area contributed by atoms with Gasteiger partial charge in [-0.1, -0.05) is 30.4 Å². The molecule has 2 aliphatic carbocycles. The number of hydrogen-bond donors (Lipinski definition) is 1. The third kappa shape index (κ3) is 2.91. The predicted octanol–water partition coefficient (Wildman–Crippen LogP) is 1.67. The van der Waals surface area contributed by atoms with Gasteiger partial charge in [-0.2, -0.15) is 0 Å². The lowest BCUT2D eigenvalue weighted by Gasteiger charge is -2.23. The Hall–Kier alpha value is -2.96. The molecule has 1 heterocycles. The van der Waals surface area contributed by atoms with Crippen LogP contribution in [0.4, 0.5) is 5.69 Å². The minimum absolute atomic E-state index is 0.0829. The monoisotopic (exact) mass is 382 g/mol. The van der Waals surface area contributed by atoms with Crippen molar-refractivity contribution < 1.29 is 23.9 Å². The fourth-order valence-corrected chi connectivity index (χ4v) is 4.57. The highest BCUT2D eigenvalue weighted by atomic mass is 16.5. The number of amides is 3. The molecule has 146 valence electrons. The van der Waals surface area contributed by atoms with Crippen molar-refractivity contribution in [3.05, 3.63) is 42.0 Å². The Morgan fingerprint density at radius 3 is 2.36 bits per heavy atom. The Kier molecular flexibility index (Phi) is 4.53. The number of para-hydroxylation sites is 1. The van der Waals surface area contributed by atoms with Gasteiger partial charge in [-0.25, -0.2) is 4.79 Å². The Labute approximate surface area is 162 Å². The molecule has 1 aromatic carbocycles. The van der Waals surface area contributed by atoms with E-state index in [4.69, 9.17) is 4.74 Å². The van der Waals surface area contributed by atoms with Crippen LogP contribution in [0.1, 0.15) is 18.9 Å². The Balaban J connectivity index is 1.35. The summed E-state index contributed by atoms with van der Waals surface area (Å²) in [6.45, 7) is 2.84. The van der Waals surface area contributed by atoms with Gasteiger partial charge in [0, 0.05) is 5.69 Å². The number of anilines is 1. The van der Waals surface area contributed by atoms with Gasteiger partial charge in [-0.3, -0.25) is 19.3 Å². The summed E-state index contributed by atoms with van der Waals surface area (Å²) < 4.78 is 5.07. The van der Waals surface area contributed by atoms with Crippen LogP contribution < -0.4 is 5.32 Å². The van der Waals surface area contributed by atoms with Crippen molar-refractivity contribution in [2.75, 3.05) is 11.9 Å². The van der Waals surface area contributed by atoms with Gasteiger partial charge in [-0.15, -0.1) is 0 Å². The Bertz CT molecular complexity index is 863. The van der Waals surface area contributed by atoms with E-state index in [-0.39, 0.29) is 35.5 Å². The largest absolute Gasteiger partial charge is 0.454 e. The normalized spacial score (nSPS) is 28.4. The highest BCUT2D eigenvalue weighted by molar-refractivity contribution is 6.09. The summed E-state index contributed by atoms with van der Waals surface area (Å²) in [5.74, 6) is -2.40. The number of carbonyl (C=O) groups is 4. The van der Waals surface area contributed by atoms with Gasteiger partial charge in [0.15, 0.2) is 6.61 Å². The van der Waals surface area contributed by atoms with E-state index in [2.05, 4.69) is 5.32 Å². The van der Waals surface area contributed by atoms with Crippen LogP contribution in [-0.2, 0) is 23.9 Å². The fraction of sp³-hybridized carbons (Fsp3) is 0.429. The lowest BCUT2D eigenvalue weighted by Crippen LogP contribution is -2.45. The highest BCUT2D eigenvalue weighted by Crippen LogP contribution is 2.52. The van der Waals surface area contributed by atoms with Gasteiger partial charge < -0.3 is 10.1 Å². The first-order chi connectivity index (χ1) is 13.4. The van der Waals surface area contributed by atoms with Crippen LogP contribution in [0.25, 0.3) is 0 Å². The molecule has 1 N–H and O–H groups in total. The molecule has 0 radical (unpaired) electrons. The number of esters is 1. The number of nitrogens with one attached hydrogen (secondary N) is 1. The summed E-state index contributed by atoms with van der Waals surface area (Å²) in [5, 5.41) is 2.67. The molecular formula is C21H22N2O5. The van der Waals surface area contributed by atoms with Crippen LogP contribution >= 0.6 is 0 Å². The molecular weight excluding hydrogens is 360 g/mol. The average molecular weight is 382 g/mol. The molecule has 1 aromatic rings. The molecule has 1 saturated carbocycles. The van der Waals surface area contributed by atoms with Crippen LogP contribution in [0.5, 0.6) is 0 Å². The van der Waals surface area contributed by atoms with Crippen molar-refractivity contribution >= 4 is 29.4 Å². The second-order valence-electron chi connectivity index (χ2n) is 7.69. The first kappa shape index (κ1) is 18.4.